The second kappa shape index (κ2) is 8.08. The molecule has 1 aliphatic rings. The number of aliphatic hydroxyl groups is 1. The van der Waals surface area contributed by atoms with E-state index in [-0.39, 0.29) is 0 Å². The zero-order valence-corrected chi connectivity index (χ0v) is 20.1. The maximum atomic E-state index is 10.2. The highest BCUT2D eigenvalue weighted by Crippen LogP contribution is 2.37. The molecule has 0 aliphatic carbocycles. The van der Waals surface area contributed by atoms with Crippen molar-refractivity contribution in [2.24, 2.45) is 0 Å². The number of aromatic nitrogens is 5. The van der Waals surface area contributed by atoms with E-state index >= 15 is 0 Å². The van der Waals surface area contributed by atoms with E-state index in [9.17, 15) is 5.11 Å². The Hall–Kier alpha value is -3.03. The first-order valence-electron chi connectivity index (χ1n) is 11.6. The lowest BCUT2D eigenvalue weighted by Crippen LogP contribution is -2.41. The van der Waals surface area contributed by atoms with Crippen LogP contribution < -0.4 is 0 Å². The number of nitrogens with zero attached hydrogens (tertiary/aromatic N) is 5. The summed E-state index contributed by atoms with van der Waals surface area (Å²) < 4.78 is 1.82. The number of H-pyrrole nitrogens is 1. The molecule has 0 unspecified atom stereocenters. The fraction of sp³-hybridized carbons (Fsp3) is 0.423. The van der Waals surface area contributed by atoms with Gasteiger partial charge in [0, 0.05) is 42.5 Å². The van der Waals surface area contributed by atoms with Crippen LogP contribution in [0.3, 0.4) is 0 Å². The SMILES string of the molecule is Cc1cc(-c2n[nH]c(-c3ccc4c(c3)CCN(CC(C)(C)O)C4)c2C(C)C)cn2ncnc12. The molecular weight excluding hydrogens is 412 g/mol. The van der Waals surface area contributed by atoms with Gasteiger partial charge in [-0.3, -0.25) is 10.00 Å². The van der Waals surface area contributed by atoms with Gasteiger partial charge in [-0.2, -0.15) is 10.2 Å². The van der Waals surface area contributed by atoms with Gasteiger partial charge in [0.05, 0.1) is 17.0 Å². The van der Waals surface area contributed by atoms with E-state index in [4.69, 9.17) is 5.10 Å². The van der Waals surface area contributed by atoms with Gasteiger partial charge in [-0.25, -0.2) is 9.50 Å². The van der Waals surface area contributed by atoms with Gasteiger partial charge in [0.25, 0.3) is 0 Å². The van der Waals surface area contributed by atoms with Gasteiger partial charge in [0.15, 0.2) is 5.65 Å². The topological polar surface area (TPSA) is 82.3 Å². The van der Waals surface area contributed by atoms with Crippen molar-refractivity contribution in [3.05, 3.63) is 59.0 Å². The molecule has 7 heteroatoms. The predicted molar refractivity (Wildman–Crippen MR) is 130 cm³/mol. The van der Waals surface area contributed by atoms with Gasteiger partial charge in [0.1, 0.15) is 6.33 Å². The van der Waals surface area contributed by atoms with Crippen molar-refractivity contribution in [1.82, 2.24) is 29.7 Å². The van der Waals surface area contributed by atoms with E-state index < -0.39 is 5.60 Å². The number of β-amino-alcohol motifs (C(OH)–C–C–N with tert-alkyl or cyclic N) is 1. The number of rotatable bonds is 5. The summed E-state index contributed by atoms with van der Waals surface area (Å²) in [6, 6.07) is 8.88. The van der Waals surface area contributed by atoms with Gasteiger partial charge in [-0.1, -0.05) is 26.0 Å². The van der Waals surface area contributed by atoms with Gasteiger partial charge in [-0.05, 0) is 61.9 Å². The molecule has 0 fully saturated rings. The van der Waals surface area contributed by atoms with Crippen LogP contribution in [-0.2, 0) is 13.0 Å². The standard InChI is InChI=1S/C26H32N6O/c1-16(2)22-23(29-30-24(22)21-10-17(3)25-27-15-28-32(25)13-21)19-6-7-20-12-31(14-26(4,5)33)9-8-18(20)11-19/h6-7,10-11,13,15-16,33H,8-9,12,14H2,1-5H3,(H,29,30). The predicted octanol–water partition coefficient (Wildman–Crippen LogP) is 4.35. The van der Waals surface area contributed by atoms with E-state index in [1.807, 2.05) is 24.6 Å². The first-order chi connectivity index (χ1) is 15.7. The van der Waals surface area contributed by atoms with Crippen LogP contribution in [0.15, 0.2) is 36.8 Å². The molecule has 33 heavy (non-hydrogen) atoms. The molecule has 0 bridgehead atoms. The highest BCUT2D eigenvalue weighted by Gasteiger charge is 2.24. The monoisotopic (exact) mass is 444 g/mol. The quantitative estimate of drug-likeness (QED) is 0.478. The lowest BCUT2D eigenvalue weighted by Gasteiger charge is -2.33. The zero-order valence-electron chi connectivity index (χ0n) is 20.1. The summed E-state index contributed by atoms with van der Waals surface area (Å²) in [5, 5.41) is 22.6. The Morgan fingerprint density at radius 2 is 1.97 bits per heavy atom. The van der Waals surface area contributed by atoms with Crippen molar-refractivity contribution in [3.8, 4) is 22.5 Å². The lowest BCUT2D eigenvalue weighted by atomic mass is 9.91. The van der Waals surface area contributed by atoms with E-state index in [1.165, 1.54) is 22.3 Å². The number of aryl methyl sites for hydroxylation is 1. The fourth-order valence-electron chi connectivity index (χ4n) is 5.03. The average Bonchev–Trinajstić information content (AvgIpc) is 3.39. The van der Waals surface area contributed by atoms with Crippen LogP contribution in [-0.4, -0.2) is 53.5 Å². The first kappa shape index (κ1) is 21.8. The number of pyridine rings is 1. The van der Waals surface area contributed by atoms with Crippen LogP contribution in [0.5, 0.6) is 0 Å². The number of aromatic amines is 1. The first-order valence-corrected chi connectivity index (χ1v) is 11.6. The van der Waals surface area contributed by atoms with Gasteiger partial charge in [0.2, 0.25) is 0 Å². The minimum atomic E-state index is -0.677. The summed E-state index contributed by atoms with van der Waals surface area (Å²) in [5.41, 5.74) is 9.47. The third-order valence-electron chi connectivity index (χ3n) is 6.41. The molecular formula is C26H32N6O. The summed E-state index contributed by atoms with van der Waals surface area (Å²) in [4.78, 5) is 6.67. The second-order valence-electron chi connectivity index (χ2n) is 10.2. The Balaban J connectivity index is 1.51. The summed E-state index contributed by atoms with van der Waals surface area (Å²) in [7, 11) is 0. The third kappa shape index (κ3) is 4.18. The summed E-state index contributed by atoms with van der Waals surface area (Å²) in [6.07, 6.45) is 4.58. The zero-order chi connectivity index (χ0) is 23.3. The molecule has 0 radical (unpaired) electrons. The van der Waals surface area contributed by atoms with Crippen molar-refractivity contribution in [2.75, 3.05) is 13.1 Å². The minimum Gasteiger partial charge on any atom is -0.389 e. The van der Waals surface area contributed by atoms with Gasteiger partial charge < -0.3 is 5.11 Å². The van der Waals surface area contributed by atoms with Crippen LogP contribution in [0.1, 0.15) is 55.9 Å². The van der Waals surface area contributed by atoms with Crippen molar-refractivity contribution < 1.29 is 5.11 Å². The molecule has 1 aliphatic heterocycles. The molecule has 0 amide bonds. The van der Waals surface area contributed by atoms with Crippen molar-refractivity contribution in [3.63, 3.8) is 0 Å². The average molecular weight is 445 g/mol. The Bertz CT molecular complexity index is 1310. The maximum absolute atomic E-state index is 10.2. The highest BCUT2D eigenvalue weighted by molar-refractivity contribution is 5.76. The van der Waals surface area contributed by atoms with E-state index in [2.05, 4.69) is 65.1 Å². The largest absolute Gasteiger partial charge is 0.389 e. The Kier molecular flexibility index (Phi) is 5.34. The van der Waals surface area contributed by atoms with Gasteiger partial charge in [-0.15, -0.1) is 0 Å². The third-order valence-corrected chi connectivity index (χ3v) is 6.41. The number of hydrogen-bond acceptors (Lipinski definition) is 5. The molecule has 0 saturated heterocycles. The Morgan fingerprint density at radius 3 is 2.73 bits per heavy atom. The number of benzene rings is 1. The minimum absolute atomic E-state index is 0.304. The number of fused-ring (bicyclic) bond motifs is 2. The van der Waals surface area contributed by atoms with Crippen LogP contribution in [0.4, 0.5) is 0 Å². The molecule has 172 valence electrons. The molecule has 4 aromatic rings. The molecule has 0 spiro atoms. The second-order valence-corrected chi connectivity index (χ2v) is 10.2. The fourth-order valence-corrected chi connectivity index (χ4v) is 5.03. The summed E-state index contributed by atoms with van der Waals surface area (Å²) in [5.74, 6) is 0.304. The van der Waals surface area contributed by atoms with Crippen molar-refractivity contribution in [2.45, 2.75) is 59.1 Å². The molecule has 5 rings (SSSR count). The van der Waals surface area contributed by atoms with E-state index in [0.29, 0.717) is 12.5 Å². The van der Waals surface area contributed by atoms with Crippen molar-refractivity contribution in [1.29, 1.82) is 0 Å². The normalized spacial score (nSPS) is 14.9. The lowest BCUT2D eigenvalue weighted by molar-refractivity contribution is 0.0318. The van der Waals surface area contributed by atoms with E-state index in [1.54, 1.807) is 6.33 Å². The molecule has 1 aromatic carbocycles. The smallest absolute Gasteiger partial charge is 0.158 e. The van der Waals surface area contributed by atoms with Crippen LogP contribution >= 0.6 is 0 Å². The van der Waals surface area contributed by atoms with Crippen LogP contribution in [0, 0.1) is 6.92 Å². The van der Waals surface area contributed by atoms with Crippen LogP contribution in [0.25, 0.3) is 28.2 Å². The molecule has 2 N–H and O–H groups in total. The molecule has 3 aromatic heterocycles. The number of nitrogens with one attached hydrogen (secondary N) is 1. The molecule has 4 heterocycles. The molecule has 7 nitrogen and oxygen atoms in total. The Labute approximate surface area is 194 Å². The summed E-state index contributed by atoms with van der Waals surface area (Å²) >= 11 is 0. The van der Waals surface area contributed by atoms with Gasteiger partial charge >= 0.3 is 0 Å². The maximum Gasteiger partial charge on any atom is 0.158 e. The van der Waals surface area contributed by atoms with Crippen LogP contribution in [0.2, 0.25) is 0 Å². The molecule has 0 atom stereocenters. The van der Waals surface area contributed by atoms with Crippen molar-refractivity contribution >= 4 is 5.65 Å². The summed E-state index contributed by atoms with van der Waals surface area (Å²) in [6.45, 7) is 12.8. The molecule has 0 saturated carbocycles. The number of hydrogen-bond donors (Lipinski definition) is 2. The Morgan fingerprint density at radius 1 is 1.15 bits per heavy atom. The highest BCUT2D eigenvalue weighted by atomic mass is 16.3. The van der Waals surface area contributed by atoms with E-state index in [0.717, 1.165) is 47.7 Å².